The number of nitrogens with zero attached hydrogens (tertiary/aromatic N) is 2. The van der Waals surface area contributed by atoms with Crippen LogP contribution >= 0.6 is 36.2 Å². The minimum atomic E-state index is 0. The van der Waals surface area contributed by atoms with Crippen molar-refractivity contribution in [2.75, 3.05) is 13.1 Å². The zero-order valence-electron chi connectivity index (χ0n) is 6.40. The van der Waals surface area contributed by atoms with Gasteiger partial charge in [0.2, 0.25) is 0 Å². The summed E-state index contributed by atoms with van der Waals surface area (Å²) in [6.07, 6.45) is 1.22. The third kappa shape index (κ3) is 2.55. The smallest absolute Gasteiger partial charge is 0.121 e. The SMILES string of the molecule is Cl.Cl.c1nnc(C2CCNC2)s1. The summed E-state index contributed by atoms with van der Waals surface area (Å²) in [5.74, 6) is 0.632. The van der Waals surface area contributed by atoms with E-state index in [0.29, 0.717) is 5.92 Å². The van der Waals surface area contributed by atoms with E-state index < -0.39 is 0 Å². The first-order valence-electron chi connectivity index (χ1n) is 3.43. The van der Waals surface area contributed by atoms with Gasteiger partial charge in [-0.2, -0.15) is 0 Å². The Labute approximate surface area is 87.8 Å². The van der Waals surface area contributed by atoms with Crippen molar-refractivity contribution in [3.05, 3.63) is 10.5 Å². The normalized spacial score (nSPS) is 21.2. The number of nitrogens with one attached hydrogen (secondary N) is 1. The van der Waals surface area contributed by atoms with Crippen LogP contribution in [0.2, 0.25) is 0 Å². The van der Waals surface area contributed by atoms with Crippen LogP contribution in [0.4, 0.5) is 0 Å². The number of rotatable bonds is 1. The standard InChI is InChI=1S/C6H9N3S.2ClH/c1-2-7-3-5(1)6-9-8-4-10-6;;/h4-5,7H,1-3H2;2*1H. The van der Waals surface area contributed by atoms with Crippen LogP contribution < -0.4 is 5.32 Å². The number of hydrogen-bond acceptors (Lipinski definition) is 4. The molecule has 1 aliphatic heterocycles. The molecule has 0 spiro atoms. The molecule has 0 bridgehead atoms. The van der Waals surface area contributed by atoms with Gasteiger partial charge in [0.15, 0.2) is 0 Å². The fourth-order valence-corrected chi connectivity index (χ4v) is 1.92. The average Bonchev–Trinajstić information content (AvgIpc) is 2.59. The maximum atomic E-state index is 4.03. The van der Waals surface area contributed by atoms with Crippen molar-refractivity contribution >= 4 is 36.2 Å². The van der Waals surface area contributed by atoms with E-state index in [1.165, 1.54) is 11.4 Å². The second-order valence-corrected chi connectivity index (χ2v) is 3.33. The van der Waals surface area contributed by atoms with Gasteiger partial charge >= 0.3 is 0 Å². The summed E-state index contributed by atoms with van der Waals surface area (Å²) in [7, 11) is 0. The first-order chi connectivity index (χ1) is 4.97. The molecule has 1 unspecified atom stereocenters. The Morgan fingerprint density at radius 1 is 1.50 bits per heavy atom. The lowest BCUT2D eigenvalue weighted by atomic mass is 10.1. The lowest BCUT2D eigenvalue weighted by Crippen LogP contribution is -2.07. The Hall–Kier alpha value is 0.1000. The van der Waals surface area contributed by atoms with Crippen molar-refractivity contribution in [3.63, 3.8) is 0 Å². The van der Waals surface area contributed by atoms with Crippen LogP contribution in [0, 0.1) is 0 Å². The van der Waals surface area contributed by atoms with Gasteiger partial charge < -0.3 is 5.32 Å². The first-order valence-corrected chi connectivity index (χ1v) is 4.31. The highest BCUT2D eigenvalue weighted by atomic mass is 35.5. The summed E-state index contributed by atoms with van der Waals surface area (Å²) in [5, 5.41) is 12.3. The molecule has 1 atom stereocenters. The van der Waals surface area contributed by atoms with Crippen molar-refractivity contribution in [3.8, 4) is 0 Å². The van der Waals surface area contributed by atoms with Gasteiger partial charge in [-0.05, 0) is 13.0 Å². The molecule has 0 amide bonds. The highest BCUT2D eigenvalue weighted by molar-refractivity contribution is 7.09. The maximum Gasteiger partial charge on any atom is 0.121 e. The predicted octanol–water partition coefficient (Wildman–Crippen LogP) is 1.46. The fourth-order valence-electron chi connectivity index (χ4n) is 1.22. The molecule has 2 heterocycles. The van der Waals surface area contributed by atoms with Gasteiger partial charge in [0.25, 0.3) is 0 Å². The molecule has 2 rings (SSSR count). The lowest BCUT2D eigenvalue weighted by molar-refractivity contribution is 0.741. The molecule has 1 aliphatic rings. The molecule has 0 saturated carbocycles. The Morgan fingerprint density at radius 2 is 2.33 bits per heavy atom. The van der Waals surface area contributed by atoms with Gasteiger partial charge in [-0.3, -0.25) is 0 Å². The number of halogens is 2. The van der Waals surface area contributed by atoms with Crippen LogP contribution in [0.1, 0.15) is 17.3 Å². The van der Waals surface area contributed by atoms with Gasteiger partial charge in [-0.1, -0.05) is 0 Å². The minimum Gasteiger partial charge on any atom is -0.316 e. The van der Waals surface area contributed by atoms with Crippen molar-refractivity contribution in [2.45, 2.75) is 12.3 Å². The molecule has 3 nitrogen and oxygen atoms in total. The van der Waals surface area contributed by atoms with E-state index in [-0.39, 0.29) is 24.8 Å². The molecule has 0 radical (unpaired) electrons. The van der Waals surface area contributed by atoms with Crippen LogP contribution in [-0.4, -0.2) is 23.3 Å². The van der Waals surface area contributed by atoms with Crippen LogP contribution in [0.25, 0.3) is 0 Å². The first kappa shape index (κ1) is 12.1. The van der Waals surface area contributed by atoms with Crippen LogP contribution in [0.3, 0.4) is 0 Å². The molecule has 1 fully saturated rings. The van der Waals surface area contributed by atoms with Gasteiger partial charge in [0, 0.05) is 12.5 Å². The summed E-state index contributed by atoms with van der Waals surface area (Å²) in [4.78, 5) is 0. The van der Waals surface area contributed by atoms with E-state index in [1.807, 2.05) is 0 Å². The highest BCUT2D eigenvalue weighted by Crippen LogP contribution is 2.22. The third-order valence-corrected chi connectivity index (χ3v) is 2.64. The van der Waals surface area contributed by atoms with E-state index >= 15 is 0 Å². The molecule has 12 heavy (non-hydrogen) atoms. The molecule has 6 heteroatoms. The largest absolute Gasteiger partial charge is 0.316 e. The Bertz CT molecular complexity index is 199. The monoisotopic (exact) mass is 227 g/mol. The van der Waals surface area contributed by atoms with Gasteiger partial charge in [0.05, 0.1) is 0 Å². The summed E-state index contributed by atoms with van der Waals surface area (Å²) >= 11 is 1.66. The predicted molar refractivity (Wildman–Crippen MR) is 54.6 cm³/mol. The fraction of sp³-hybridized carbons (Fsp3) is 0.667. The highest BCUT2D eigenvalue weighted by Gasteiger charge is 2.18. The van der Waals surface area contributed by atoms with E-state index in [9.17, 15) is 0 Å². The third-order valence-electron chi connectivity index (χ3n) is 1.79. The summed E-state index contributed by atoms with van der Waals surface area (Å²) in [5.41, 5.74) is 1.80. The minimum absolute atomic E-state index is 0. The Kier molecular flexibility index (Phi) is 5.74. The molecule has 1 aromatic heterocycles. The second-order valence-electron chi connectivity index (χ2n) is 2.47. The average molecular weight is 228 g/mol. The van der Waals surface area contributed by atoms with E-state index in [4.69, 9.17) is 0 Å². The molecule has 1 aromatic rings. The molecule has 70 valence electrons. The number of aromatic nitrogens is 2. The maximum absolute atomic E-state index is 4.03. The van der Waals surface area contributed by atoms with Crippen molar-refractivity contribution in [1.29, 1.82) is 0 Å². The van der Waals surface area contributed by atoms with Crippen LogP contribution in [-0.2, 0) is 0 Å². The molecule has 1 saturated heterocycles. The topological polar surface area (TPSA) is 37.8 Å². The molecule has 0 aromatic carbocycles. The van der Waals surface area contributed by atoms with Crippen molar-refractivity contribution in [1.82, 2.24) is 15.5 Å². The lowest BCUT2D eigenvalue weighted by Gasteiger charge is -1.99. The molecule has 1 N–H and O–H groups in total. The van der Waals surface area contributed by atoms with Gasteiger partial charge in [-0.15, -0.1) is 46.3 Å². The van der Waals surface area contributed by atoms with E-state index in [0.717, 1.165) is 13.1 Å². The van der Waals surface area contributed by atoms with Crippen LogP contribution in [0.5, 0.6) is 0 Å². The number of hydrogen-bond donors (Lipinski definition) is 1. The molecular weight excluding hydrogens is 217 g/mol. The summed E-state index contributed by atoms with van der Waals surface area (Å²) in [6.45, 7) is 2.21. The van der Waals surface area contributed by atoms with Crippen LogP contribution in [0.15, 0.2) is 5.51 Å². The van der Waals surface area contributed by atoms with E-state index in [2.05, 4.69) is 15.5 Å². The summed E-state index contributed by atoms with van der Waals surface area (Å²) in [6, 6.07) is 0. The van der Waals surface area contributed by atoms with Gasteiger partial charge in [-0.25, -0.2) is 0 Å². The Balaban J connectivity index is 0.000000605. The second kappa shape index (κ2) is 5.70. The zero-order chi connectivity index (χ0) is 6.81. The molecular formula is C6H11Cl2N3S. The van der Waals surface area contributed by atoms with Crippen molar-refractivity contribution in [2.24, 2.45) is 0 Å². The van der Waals surface area contributed by atoms with Crippen molar-refractivity contribution < 1.29 is 0 Å². The zero-order valence-corrected chi connectivity index (χ0v) is 8.84. The van der Waals surface area contributed by atoms with Gasteiger partial charge in [0.1, 0.15) is 10.5 Å². The Morgan fingerprint density at radius 3 is 2.83 bits per heavy atom. The van der Waals surface area contributed by atoms with E-state index in [1.54, 1.807) is 16.8 Å². The molecule has 0 aliphatic carbocycles. The quantitative estimate of drug-likeness (QED) is 0.790. The summed E-state index contributed by atoms with van der Waals surface area (Å²) < 4.78 is 0.